The quantitative estimate of drug-likeness (QED) is 0.0515. The van der Waals surface area contributed by atoms with Crippen LogP contribution < -0.4 is 4.74 Å². The van der Waals surface area contributed by atoms with Crippen molar-refractivity contribution < 1.29 is 4.74 Å². The molecule has 0 atom stereocenters. The van der Waals surface area contributed by atoms with Gasteiger partial charge in [0.25, 0.3) is 0 Å². The maximum absolute atomic E-state index is 5.66. The van der Waals surface area contributed by atoms with Gasteiger partial charge < -0.3 is 4.74 Å². The van der Waals surface area contributed by atoms with Gasteiger partial charge >= 0.3 is 0 Å². The van der Waals surface area contributed by atoms with Crippen LogP contribution in [0.1, 0.15) is 153 Å². The Morgan fingerprint density at radius 1 is 0.575 bits per heavy atom. The van der Waals surface area contributed by atoms with Gasteiger partial charge in [0.1, 0.15) is 5.75 Å². The first-order chi connectivity index (χ1) is 19.7. The van der Waals surface area contributed by atoms with Gasteiger partial charge in [0.2, 0.25) is 0 Å². The summed E-state index contributed by atoms with van der Waals surface area (Å²) in [6.45, 7) is 5.17. The molecular weight excluding hydrogens is 504 g/mol. The molecule has 2 aromatic carbocycles. The van der Waals surface area contributed by atoms with Gasteiger partial charge in [-0.2, -0.15) is 0 Å². The van der Waals surface area contributed by atoms with E-state index in [0.717, 1.165) is 34.8 Å². The predicted octanol–water partition coefficient (Wildman–Crippen LogP) is 12.5. The van der Waals surface area contributed by atoms with E-state index < -0.39 is 0 Å². The zero-order valence-corrected chi connectivity index (χ0v) is 26.8. The van der Waals surface area contributed by atoms with E-state index >= 15 is 0 Å². The van der Waals surface area contributed by atoms with Crippen molar-refractivity contribution in [3.05, 3.63) is 71.3 Å². The van der Waals surface area contributed by atoms with E-state index in [2.05, 4.69) is 56.3 Å². The van der Waals surface area contributed by atoms with Gasteiger partial charge in [-0.1, -0.05) is 178 Å². The summed E-state index contributed by atoms with van der Waals surface area (Å²) in [6.07, 6.45) is 32.0. The Bertz CT molecular complexity index is 896. The molecule has 0 N–H and O–H groups in total. The molecule has 222 valence electrons. The van der Waals surface area contributed by atoms with Crippen molar-refractivity contribution in [3.8, 4) is 5.75 Å². The standard InChI is InChI=1S/C38H58OS/c1-3-5-6-7-8-9-10-11-12-13-14-15-16-17-18-19-20-21-22-34-23-28-36(29-24-34)38(40)32-27-35-25-30-37(31-26-35)39-33-4-2/h23-32H,3-22,33H2,1-2H3. The van der Waals surface area contributed by atoms with Gasteiger partial charge in [0.15, 0.2) is 0 Å². The Balaban J connectivity index is 1.44. The van der Waals surface area contributed by atoms with E-state index in [-0.39, 0.29) is 0 Å². The third kappa shape index (κ3) is 17.0. The summed E-state index contributed by atoms with van der Waals surface area (Å²) in [5.74, 6) is 0.923. The second-order valence-corrected chi connectivity index (χ2v) is 12.0. The maximum Gasteiger partial charge on any atom is 0.119 e. The summed E-state index contributed by atoms with van der Waals surface area (Å²) in [7, 11) is 0. The fraction of sp³-hybridized carbons (Fsp3) is 0.605. The van der Waals surface area contributed by atoms with Crippen LogP contribution in [0.4, 0.5) is 0 Å². The summed E-state index contributed by atoms with van der Waals surface area (Å²) in [6, 6.07) is 17.1. The summed E-state index contributed by atoms with van der Waals surface area (Å²) < 4.78 is 5.66. The number of allylic oxidation sites excluding steroid dienone is 1. The van der Waals surface area contributed by atoms with E-state index in [0.29, 0.717) is 0 Å². The number of benzene rings is 2. The first-order valence-electron chi connectivity index (χ1n) is 16.8. The second-order valence-electron chi connectivity index (χ2n) is 11.6. The molecule has 0 aliphatic carbocycles. The van der Waals surface area contributed by atoms with Crippen molar-refractivity contribution in [2.75, 3.05) is 6.61 Å². The zero-order chi connectivity index (χ0) is 28.5. The number of hydrogen-bond acceptors (Lipinski definition) is 2. The molecule has 2 heteroatoms. The first kappa shape index (κ1) is 34.3. The molecule has 0 heterocycles. The van der Waals surface area contributed by atoms with Crippen LogP contribution in [0, 0.1) is 0 Å². The molecule has 0 bridgehead atoms. The first-order valence-corrected chi connectivity index (χ1v) is 17.2. The third-order valence-corrected chi connectivity index (χ3v) is 8.21. The Morgan fingerprint density at radius 3 is 1.52 bits per heavy atom. The molecule has 2 rings (SSSR count). The van der Waals surface area contributed by atoms with Crippen LogP contribution >= 0.6 is 12.2 Å². The molecule has 0 aliphatic heterocycles. The van der Waals surface area contributed by atoms with E-state index in [9.17, 15) is 0 Å². The summed E-state index contributed by atoms with van der Waals surface area (Å²) in [4.78, 5) is 0.881. The number of unbranched alkanes of at least 4 members (excludes halogenated alkanes) is 17. The van der Waals surface area contributed by atoms with Gasteiger partial charge in [-0.3, -0.25) is 0 Å². The van der Waals surface area contributed by atoms with Crippen molar-refractivity contribution >= 4 is 23.2 Å². The van der Waals surface area contributed by atoms with E-state index in [1.165, 1.54) is 128 Å². The summed E-state index contributed by atoms with van der Waals surface area (Å²) >= 11 is 5.65. The van der Waals surface area contributed by atoms with E-state index in [4.69, 9.17) is 17.0 Å². The summed E-state index contributed by atoms with van der Waals surface area (Å²) in [5, 5.41) is 0. The van der Waals surface area contributed by atoms with Crippen LogP contribution in [0.15, 0.2) is 54.6 Å². The molecule has 0 saturated heterocycles. The minimum Gasteiger partial charge on any atom is -0.494 e. The number of ether oxygens (including phenoxy) is 1. The molecular formula is C38H58OS. The molecule has 1 nitrogen and oxygen atoms in total. The number of thiocarbonyl (C=S) groups is 1. The Kier molecular flexibility index (Phi) is 20.3. The summed E-state index contributed by atoms with van der Waals surface area (Å²) in [5.41, 5.74) is 3.68. The average molecular weight is 563 g/mol. The molecule has 0 aromatic heterocycles. The molecule has 0 amide bonds. The molecule has 0 fully saturated rings. The fourth-order valence-corrected chi connectivity index (χ4v) is 5.43. The number of hydrogen-bond donors (Lipinski definition) is 0. The van der Waals surface area contributed by atoms with Crippen molar-refractivity contribution in [1.82, 2.24) is 0 Å². The highest BCUT2D eigenvalue weighted by Crippen LogP contribution is 2.17. The largest absolute Gasteiger partial charge is 0.494 e. The second kappa shape index (κ2) is 23.7. The van der Waals surface area contributed by atoms with Crippen LogP contribution in [-0.4, -0.2) is 11.5 Å². The minimum absolute atomic E-state index is 0.759. The lowest BCUT2D eigenvalue weighted by Gasteiger charge is -2.05. The van der Waals surface area contributed by atoms with Gasteiger partial charge in [-0.15, -0.1) is 0 Å². The van der Waals surface area contributed by atoms with E-state index in [1.54, 1.807) is 0 Å². The van der Waals surface area contributed by atoms with Crippen molar-refractivity contribution in [1.29, 1.82) is 0 Å². The van der Waals surface area contributed by atoms with Crippen LogP contribution in [0.25, 0.3) is 6.08 Å². The number of rotatable bonds is 25. The van der Waals surface area contributed by atoms with E-state index in [1.807, 2.05) is 18.2 Å². The van der Waals surface area contributed by atoms with Crippen LogP contribution in [0.3, 0.4) is 0 Å². The monoisotopic (exact) mass is 562 g/mol. The minimum atomic E-state index is 0.759. The average Bonchev–Trinajstić information content (AvgIpc) is 2.99. The van der Waals surface area contributed by atoms with Crippen molar-refractivity contribution in [2.45, 2.75) is 142 Å². The van der Waals surface area contributed by atoms with Gasteiger partial charge in [0.05, 0.1) is 6.61 Å². The SMILES string of the molecule is CCCCCCCCCCCCCCCCCCCCc1ccc(C(=S)C=Cc2ccc(OCCC)cc2)cc1. The molecule has 0 unspecified atom stereocenters. The van der Waals surface area contributed by atoms with Gasteiger partial charge in [-0.05, 0) is 54.2 Å². The molecule has 0 aliphatic rings. The van der Waals surface area contributed by atoms with Crippen molar-refractivity contribution in [3.63, 3.8) is 0 Å². The lowest BCUT2D eigenvalue weighted by atomic mass is 10.0. The Hall–Kier alpha value is -1.93. The molecule has 0 radical (unpaired) electrons. The maximum atomic E-state index is 5.66. The fourth-order valence-electron chi connectivity index (χ4n) is 5.23. The molecule has 0 saturated carbocycles. The Morgan fingerprint density at radius 2 is 1.05 bits per heavy atom. The normalized spacial score (nSPS) is 11.3. The highest BCUT2D eigenvalue weighted by molar-refractivity contribution is 7.81. The Labute approximate surface area is 253 Å². The van der Waals surface area contributed by atoms with Crippen LogP contribution in [0.5, 0.6) is 5.75 Å². The number of aryl methyl sites for hydroxylation is 1. The van der Waals surface area contributed by atoms with Crippen LogP contribution in [0.2, 0.25) is 0 Å². The zero-order valence-electron chi connectivity index (χ0n) is 25.9. The highest BCUT2D eigenvalue weighted by atomic mass is 32.1. The molecule has 2 aromatic rings. The van der Waals surface area contributed by atoms with Gasteiger partial charge in [0, 0.05) is 4.86 Å². The highest BCUT2D eigenvalue weighted by Gasteiger charge is 2.00. The molecule has 0 spiro atoms. The van der Waals surface area contributed by atoms with Crippen molar-refractivity contribution in [2.24, 2.45) is 0 Å². The van der Waals surface area contributed by atoms with Gasteiger partial charge in [-0.25, -0.2) is 0 Å². The lowest BCUT2D eigenvalue weighted by molar-refractivity contribution is 0.317. The lowest BCUT2D eigenvalue weighted by Crippen LogP contribution is -1.95. The molecule has 40 heavy (non-hydrogen) atoms. The topological polar surface area (TPSA) is 9.23 Å². The predicted molar refractivity (Wildman–Crippen MR) is 182 cm³/mol. The van der Waals surface area contributed by atoms with Crippen LogP contribution in [-0.2, 0) is 6.42 Å². The third-order valence-electron chi connectivity index (χ3n) is 7.84. The smallest absolute Gasteiger partial charge is 0.119 e.